The van der Waals surface area contributed by atoms with Crippen LogP contribution in [0.2, 0.25) is 0 Å². The molecule has 34 atom stereocenters. The zero-order valence-corrected chi connectivity index (χ0v) is 68.1. The van der Waals surface area contributed by atoms with E-state index in [-0.39, 0.29) is 71.8 Å². The van der Waals surface area contributed by atoms with Crippen LogP contribution in [0.25, 0.3) is 0 Å². The predicted molar refractivity (Wildman–Crippen MR) is 397 cm³/mol. The lowest BCUT2D eigenvalue weighted by molar-refractivity contribution is -0.132. The van der Waals surface area contributed by atoms with Gasteiger partial charge in [-0.25, -0.2) is 0 Å². The van der Waals surface area contributed by atoms with Crippen LogP contribution in [0.4, 0.5) is 0 Å². The lowest BCUT2D eigenvalue weighted by Gasteiger charge is -2.18. The maximum absolute atomic E-state index is 11.2. The molecule has 0 aromatic rings. The molecular weight excluding hydrogens is 1330 g/mol. The van der Waals surface area contributed by atoms with Crippen molar-refractivity contribution in [3.63, 3.8) is 0 Å². The van der Waals surface area contributed by atoms with Crippen molar-refractivity contribution in [3.8, 4) is 0 Å². The minimum absolute atomic E-state index is 0.0741. The number of aliphatic hydroxyl groups is 10. The third kappa shape index (κ3) is 30.1. The highest BCUT2D eigenvalue weighted by molar-refractivity contribution is 5.88. The summed E-state index contributed by atoms with van der Waals surface area (Å²) in [5, 5.41) is 89.1. The Morgan fingerprint density at radius 1 is 0.340 bits per heavy atom. The van der Waals surface area contributed by atoms with Crippen LogP contribution in [-0.2, 0) is 61.8 Å². The monoisotopic (exact) mass is 1480 g/mol. The fraction of sp³-hybridized carbons (Fsp3) is 0.925. The molecule has 23 heteroatoms. The first-order chi connectivity index (χ1) is 48.2. The lowest BCUT2D eigenvalue weighted by atomic mass is 9.84. The average Bonchev–Trinajstić information content (AvgIpc) is 1.68. The summed E-state index contributed by atoms with van der Waals surface area (Å²) < 4.78 is 49.0. The van der Waals surface area contributed by atoms with E-state index in [2.05, 4.69) is 109 Å². The Morgan fingerprint density at radius 3 is 0.864 bits per heavy atom. The second kappa shape index (κ2) is 49.7. The van der Waals surface area contributed by atoms with Gasteiger partial charge in [-0.2, -0.15) is 0 Å². The summed E-state index contributed by atoms with van der Waals surface area (Å²) >= 11 is 0. The average molecular weight is 1480 g/mol. The molecule has 0 aromatic carbocycles. The van der Waals surface area contributed by atoms with Crippen molar-refractivity contribution < 1.29 is 113 Å². The van der Waals surface area contributed by atoms with Crippen LogP contribution in [-0.4, -0.2) is 235 Å². The van der Waals surface area contributed by atoms with Gasteiger partial charge < -0.3 is 103 Å². The summed E-state index contributed by atoms with van der Waals surface area (Å²) in [4.78, 5) is 44.3. The van der Waals surface area contributed by atoms with Gasteiger partial charge in [-0.15, -0.1) is 0 Å². The molecule has 9 fully saturated rings. The van der Waals surface area contributed by atoms with E-state index in [1.54, 1.807) is 26.8 Å². The van der Waals surface area contributed by atoms with Gasteiger partial charge in [0, 0.05) is 43.8 Å². The molecule has 0 saturated carbocycles. The van der Waals surface area contributed by atoms with Crippen LogP contribution >= 0.6 is 0 Å². The van der Waals surface area contributed by atoms with Crippen LogP contribution < -0.4 is 0 Å². The lowest BCUT2D eigenvalue weighted by Crippen LogP contribution is -2.33. The highest BCUT2D eigenvalue weighted by Gasteiger charge is 2.45. The summed E-state index contributed by atoms with van der Waals surface area (Å²) in [5.41, 5.74) is 1.17. The van der Waals surface area contributed by atoms with E-state index in [1.165, 1.54) is 5.57 Å². The first kappa shape index (κ1) is 98.7. The molecule has 0 aliphatic carbocycles. The van der Waals surface area contributed by atoms with Crippen molar-refractivity contribution in [2.75, 3.05) is 19.8 Å². The van der Waals surface area contributed by atoms with Crippen LogP contribution in [0.1, 0.15) is 250 Å². The molecule has 23 nitrogen and oxygen atoms in total. The first-order valence-corrected chi connectivity index (χ1v) is 39.5. The second-order valence-corrected chi connectivity index (χ2v) is 30.6. The number of ether oxygens (including phenoxy) is 9. The van der Waals surface area contributed by atoms with Gasteiger partial charge in [0.15, 0.2) is 24.1 Å². The molecule has 2 unspecified atom stereocenters. The number of carbonyl (C=O) groups is 4. The molecule has 0 amide bonds. The number of carbonyl (C=O) groups excluding carboxylic acids is 4. The van der Waals surface area contributed by atoms with Gasteiger partial charge in [0.1, 0.15) is 48.2 Å². The zero-order valence-electron chi connectivity index (χ0n) is 68.1. The maximum Gasteiger partial charge on any atom is 0.184 e. The van der Waals surface area contributed by atoms with Crippen molar-refractivity contribution in [1.82, 2.24) is 0 Å². The minimum Gasteiger partial charge on any atom is -0.396 e. The number of hydrogen-bond donors (Lipinski definition) is 10. The largest absolute Gasteiger partial charge is 0.396 e. The normalized spacial score (nSPS) is 42.3. The molecule has 0 spiro atoms. The molecule has 9 saturated heterocycles. The van der Waals surface area contributed by atoms with Gasteiger partial charge >= 0.3 is 0 Å². The van der Waals surface area contributed by atoms with Gasteiger partial charge in [-0.1, -0.05) is 104 Å². The van der Waals surface area contributed by atoms with Crippen molar-refractivity contribution in [1.29, 1.82) is 0 Å². The van der Waals surface area contributed by atoms with Crippen molar-refractivity contribution in [3.05, 3.63) is 11.6 Å². The third-order valence-corrected chi connectivity index (χ3v) is 23.4. The molecule has 9 rings (SSSR count). The molecule has 9 heterocycles. The highest BCUT2D eigenvalue weighted by atomic mass is 16.7. The Labute approximate surface area is 620 Å². The molecule has 9 aliphatic heterocycles. The molecule has 0 bridgehead atoms. The quantitative estimate of drug-likeness (QED) is 0.0571. The van der Waals surface area contributed by atoms with Crippen molar-refractivity contribution in [2.45, 2.75) is 391 Å². The van der Waals surface area contributed by atoms with Crippen LogP contribution in [0.5, 0.6) is 0 Å². The van der Waals surface area contributed by atoms with E-state index in [0.717, 1.165) is 57.8 Å². The van der Waals surface area contributed by atoms with Gasteiger partial charge in [0.05, 0.1) is 98.2 Å². The van der Waals surface area contributed by atoms with Gasteiger partial charge in [0.25, 0.3) is 0 Å². The molecule has 9 aliphatic rings. The Kier molecular flexibility index (Phi) is 47.6. The number of ketones is 4. The Bertz CT molecular complexity index is 2220. The zero-order chi connectivity index (χ0) is 79.2. The Hall–Kier alpha value is -2.34. The van der Waals surface area contributed by atoms with E-state index in [9.17, 15) is 24.3 Å². The van der Waals surface area contributed by atoms with E-state index < -0.39 is 55.8 Å². The number of rotatable bonds is 18. The van der Waals surface area contributed by atoms with E-state index in [0.29, 0.717) is 140 Å². The summed E-state index contributed by atoms with van der Waals surface area (Å²) in [6.07, 6.45) is 7.02. The second-order valence-electron chi connectivity index (χ2n) is 30.6. The molecule has 0 radical (unpaired) electrons. The minimum atomic E-state index is -1.38. The summed E-state index contributed by atoms with van der Waals surface area (Å²) in [5.74, 6) is 6.00. The number of allylic oxidation sites excluding steroid dienone is 1. The van der Waals surface area contributed by atoms with E-state index in [4.69, 9.17) is 83.9 Å². The Balaban J connectivity index is 0.000000580. The fourth-order valence-corrected chi connectivity index (χ4v) is 15.3. The van der Waals surface area contributed by atoms with Gasteiger partial charge in [0.2, 0.25) is 0 Å². The van der Waals surface area contributed by atoms with Crippen molar-refractivity contribution in [2.24, 2.45) is 65.1 Å². The predicted octanol–water partition coefficient (Wildman–Crippen LogP) is 9.62. The molecule has 103 heavy (non-hydrogen) atoms. The Morgan fingerprint density at radius 2 is 0.641 bits per heavy atom. The number of aliphatic hydroxyl groups excluding tert-OH is 10. The number of hydrogen-bond acceptors (Lipinski definition) is 23. The first-order valence-electron chi connectivity index (χ1n) is 39.5. The topological polar surface area (TPSA) is 354 Å². The number of Topliss-reactive ketones (excluding diaryl/α,β-unsaturated/α-hetero) is 3. The SMILES string of the molecule is CC[C@@H]1O[C@@H](C)[C@@H](C)[C@H]1CC(C)=O.CC[C@@H]1O[C@@H](C)[C@@H](C)[C@H]1CCO.CC[C@H]1OC(O)[C@@H](O)[C@@H]1O.CC[C@H]1O[C@@H](C)[C@@H](C)/C1=C\C(C)=O.CC[C@H]1O[C@@H](C)[C@@H](C)C1=O.CC[C@H]1O[C@@H](C)[C@@H](C)[C@@H]1O.CC[C@H]1O[C@@H](C)[C@@H](C)[C@H]1CC(C)=O.CC[C@H]1O[C@@H](C)[C@@H](C)[C@H]1CCO.OC[C@H]1OC(O)[C@@H](O)[C@@H]1O. The summed E-state index contributed by atoms with van der Waals surface area (Å²) in [7, 11) is 0. The van der Waals surface area contributed by atoms with E-state index >= 15 is 0 Å². The molecule has 608 valence electrons. The van der Waals surface area contributed by atoms with Crippen LogP contribution in [0.15, 0.2) is 11.6 Å². The fourth-order valence-electron chi connectivity index (χ4n) is 15.3. The van der Waals surface area contributed by atoms with Crippen LogP contribution in [0, 0.1) is 65.1 Å². The van der Waals surface area contributed by atoms with Gasteiger partial charge in [-0.05, 0) is 192 Å². The van der Waals surface area contributed by atoms with Gasteiger partial charge in [-0.3, -0.25) is 9.59 Å². The van der Waals surface area contributed by atoms with E-state index in [1.807, 2.05) is 48.5 Å². The standard InChI is InChI=1S/2C11H20O2.C11H18O2.2C10H20O2.C8H16O2.C8H14O2.C6H12O4.C5H10O5/c3*1-5-11-10(6-7(2)12)8(3)9(4)13-11;2*1-4-10-9(5-6-11)7(2)8(3)12-10;2*1-4-7-8(9)5(2)6(3)10-7;1-2-3-4(7)5(8)6(9)10-3;6-1-2-3(7)4(8)5(9)10-2/h2*8-11H,5-6H2,1-4H3;6,8-9,11H,5H2,1-4H3;2*7-11H,4-6H2,1-3H3;5-9H,4H2,1-3H3;5-7H,4H2,1-3H3;3-9H,2H2,1H3;2-9H,1H2/b;;10-6+;;;;;;/t8-,9+,10-,11+;8-,9+,10-,11-;8-,9+,11-;7-,8+,9-,10+;7-,8+,9-,10-;5-,6+,7-,8+;5-,6+,7-;3-,4-,5+,6?;2-,3-,4+,5?/m111111111/s1. The summed E-state index contributed by atoms with van der Waals surface area (Å²) in [6, 6.07) is 0. The molecule has 0 aromatic heterocycles. The van der Waals surface area contributed by atoms with Crippen molar-refractivity contribution >= 4 is 23.1 Å². The summed E-state index contributed by atoms with van der Waals surface area (Å²) in [6.45, 7) is 51.0. The highest BCUT2D eigenvalue weighted by Crippen LogP contribution is 2.40. The molecule has 10 N–H and O–H groups in total. The van der Waals surface area contributed by atoms with Crippen LogP contribution in [0.3, 0.4) is 0 Å². The maximum atomic E-state index is 11.2. The molecular formula is C80H150O23. The third-order valence-electron chi connectivity index (χ3n) is 23.4. The smallest absolute Gasteiger partial charge is 0.184 e.